The van der Waals surface area contributed by atoms with Crippen LogP contribution in [0.25, 0.3) is 5.69 Å². The molecule has 140 valence electrons. The Hall–Kier alpha value is -1.77. The maximum atomic E-state index is 12.3. The molecule has 4 rings (SSSR count). The van der Waals surface area contributed by atoms with E-state index >= 15 is 0 Å². The van der Waals surface area contributed by atoms with Gasteiger partial charge in [-0.05, 0) is 51.2 Å². The molecule has 1 aromatic carbocycles. The number of rotatable bonds is 5. The monoisotopic (exact) mass is 376 g/mol. The summed E-state index contributed by atoms with van der Waals surface area (Å²) >= 11 is 0. The first kappa shape index (κ1) is 17.6. The first-order valence-electron chi connectivity index (χ1n) is 9.12. The number of benzene rings is 1. The average Bonchev–Trinajstić information content (AvgIpc) is 3.41. The minimum atomic E-state index is -3.34. The molecule has 2 saturated carbocycles. The second-order valence-electron chi connectivity index (χ2n) is 7.31. The molecule has 1 aromatic heterocycles. The molecule has 0 aliphatic heterocycles. The SMILES string of the molecule is Cc1nc([C@H]2CC[C@@H](O)[C@H](NS(=O)(=O)C3CC3)C2)n(-c2ccccc2)n1. The number of sulfonamides is 1. The van der Waals surface area contributed by atoms with Gasteiger partial charge in [0.2, 0.25) is 10.0 Å². The fourth-order valence-electron chi connectivity index (χ4n) is 3.66. The minimum Gasteiger partial charge on any atom is -0.391 e. The molecule has 7 nitrogen and oxygen atoms in total. The van der Waals surface area contributed by atoms with Crippen LogP contribution in [-0.4, -0.2) is 45.7 Å². The van der Waals surface area contributed by atoms with Crippen LogP contribution in [0.1, 0.15) is 49.7 Å². The van der Waals surface area contributed by atoms with Gasteiger partial charge in [-0.15, -0.1) is 0 Å². The Balaban J connectivity index is 1.58. The fraction of sp³-hybridized carbons (Fsp3) is 0.556. The van der Waals surface area contributed by atoms with E-state index in [1.165, 1.54) is 0 Å². The number of hydrogen-bond acceptors (Lipinski definition) is 5. The number of para-hydroxylation sites is 1. The molecule has 3 atom stereocenters. The molecule has 2 N–H and O–H groups in total. The van der Waals surface area contributed by atoms with E-state index in [9.17, 15) is 13.5 Å². The van der Waals surface area contributed by atoms with Crippen molar-refractivity contribution in [1.82, 2.24) is 19.5 Å². The summed E-state index contributed by atoms with van der Waals surface area (Å²) in [5.74, 6) is 1.56. The number of nitrogens with one attached hydrogen (secondary N) is 1. The molecule has 2 aliphatic carbocycles. The third-order valence-electron chi connectivity index (χ3n) is 5.20. The lowest BCUT2D eigenvalue weighted by atomic mass is 9.83. The molecule has 0 spiro atoms. The lowest BCUT2D eigenvalue weighted by Gasteiger charge is -2.33. The Bertz CT molecular complexity index is 877. The second-order valence-corrected chi connectivity index (χ2v) is 9.30. The van der Waals surface area contributed by atoms with Crippen molar-refractivity contribution in [2.75, 3.05) is 0 Å². The number of aromatic nitrogens is 3. The smallest absolute Gasteiger partial charge is 0.214 e. The van der Waals surface area contributed by atoms with Crippen molar-refractivity contribution >= 4 is 10.0 Å². The molecule has 0 radical (unpaired) electrons. The number of nitrogens with zero attached hydrogens (tertiary/aromatic N) is 3. The van der Waals surface area contributed by atoms with Crippen molar-refractivity contribution in [2.24, 2.45) is 0 Å². The van der Waals surface area contributed by atoms with Crippen molar-refractivity contribution in [3.63, 3.8) is 0 Å². The summed E-state index contributed by atoms with van der Waals surface area (Å²) in [5, 5.41) is 14.6. The van der Waals surface area contributed by atoms with E-state index < -0.39 is 22.2 Å². The van der Waals surface area contributed by atoms with Gasteiger partial charge in [-0.1, -0.05) is 18.2 Å². The van der Waals surface area contributed by atoms with Crippen LogP contribution in [0.2, 0.25) is 0 Å². The van der Waals surface area contributed by atoms with Gasteiger partial charge >= 0.3 is 0 Å². The molecular weight excluding hydrogens is 352 g/mol. The highest BCUT2D eigenvalue weighted by molar-refractivity contribution is 7.90. The molecule has 26 heavy (non-hydrogen) atoms. The number of hydrogen-bond donors (Lipinski definition) is 2. The minimum absolute atomic E-state index is 0.0479. The van der Waals surface area contributed by atoms with E-state index in [0.717, 1.165) is 17.9 Å². The Morgan fingerprint density at radius 3 is 2.58 bits per heavy atom. The lowest BCUT2D eigenvalue weighted by Crippen LogP contribution is -2.47. The molecule has 8 heteroatoms. The van der Waals surface area contributed by atoms with E-state index in [2.05, 4.69) is 14.8 Å². The van der Waals surface area contributed by atoms with E-state index in [1.54, 1.807) is 0 Å². The van der Waals surface area contributed by atoms with Crippen molar-refractivity contribution in [3.05, 3.63) is 42.0 Å². The highest BCUT2D eigenvalue weighted by atomic mass is 32.2. The van der Waals surface area contributed by atoms with Crippen molar-refractivity contribution in [2.45, 2.75) is 62.3 Å². The summed E-state index contributed by atoms with van der Waals surface area (Å²) in [7, 11) is -3.34. The highest BCUT2D eigenvalue weighted by Crippen LogP contribution is 2.35. The Labute approximate surface area is 153 Å². The molecule has 2 aliphatic rings. The van der Waals surface area contributed by atoms with Crippen molar-refractivity contribution in [3.8, 4) is 5.69 Å². The third-order valence-corrected chi connectivity index (χ3v) is 7.18. The zero-order chi connectivity index (χ0) is 18.3. The van der Waals surface area contributed by atoms with Gasteiger partial charge in [0.05, 0.1) is 17.0 Å². The van der Waals surface area contributed by atoms with Crippen LogP contribution in [0, 0.1) is 6.92 Å². The van der Waals surface area contributed by atoms with Crippen LogP contribution in [0.15, 0.2) is 30.3 Å². The van der Waals surface area contributed by atoms with E-state index in [-0.39, 0.29) is 11.2 Å². The molecule has 1 heterocycles. The zero-order valence-corrected chi connectivity index (χ0v) is 15.6. The lowest BCUT2D eigenvalue weighted by molar-refractivity contribution is 0.0918. The van der Waals surface area contributed by atoms with Crippen molar-refractivity contribution in [1.29, 1.82) is 0 Å². The normalized spacial score (nSPS) is 26.8. The maximum absolute atomic E-state index is 12.3. The first-order chi connectivity index (χ1) is 12.4. The first-order valence-corrected chi connectivity index (χ1v) is 10.7. The molecule has 0 amide bonds. The quantitative estimate of drug-likeness (QED) is 0.827. The third kappa shape index (κ3) is 3.54. The summed E-state index contributed by atoms with van der Waals surface area (Å²) in [5.41, 5.74) is 0.935. The summed E-state index contributed by atoms with van der Waals surface area (Å²) in [4.78, 5) is 4.61. The summed E-state index contributed by atoms with van der Waals surface area (Å²) in [6.07, 6.45) is 2.59. The van der Waals surface area contributed by atoms with Crippen LogP contribution in [-0.2, 0) is 10.0 Å². The van der Waals surface area contributed by atoms with Crippen LogP contribution >= 0.6 is 0 Å². The van der Waals surface area contributed by atoms with Gasteiger partial charge in [0.1, 0.15) is 11.6 Å². The largest absolute Gasteiger partial charge is 0.391 e. The second kappa shape index (κ2) is 6.75. The zero-order valence-electron chi connectivity index (χ0n) is 14.7. The Kier molecular flexibility index (Phi) is 4.58. The number of aliphatic hydroxyl groups is 1. The number of aryl methyl sites for hydroxylation is 1. The molecule has 0 bridgehead atoms. The fourth-order valence-corrected chi connectivity index (χ4v) is 5.28. The molecule has 2 fully saturated rings. The van der Waals surface area contributed by atoms with Gasteiger partial charge in [-0.3, -0.25) is 0 Å². The average molecular weight is 376 g/mol. The summed E-state index contributed by atoms with van der Waals surface area (Å²) in [6.45, 7) is 1.86. The van der Waals surface area contributed by atoms with Gasteiger partial charge in [0.15, 0.2) is 0 Å². The predicted octanol–water partition coefficient (Wildman–Crippen LogP) is 1.65. The molecular formula is C18H24N4O3S. The molecule has 2 aromatic rings. The van der Waals surface area contributed by atoms with Gasteiger partial charge in [-0.25, -0.2) is 22.8 Å². The topological polar surface area (TPSA) is 97.1 Å². The Morgan fingerprint density at radius 2 is 1.88 bits per heavy atom. The van der Waals surface area contributed by atoms with Crippen LogP contribution in [0.5, 0.6) is 0 Å². The van der Waals surface area contributed by atoms with E-state index in [0.29, 0.717) is 31.5 Å². The standard InChI is InChI=1S/C18H24N4O3S/c1-12-19-18(22(20-12)14-5-3-2-4-6-14)13-7-10-17(23)16(11-13)21-26(24,25)15-8-9-15/h2-6,13,15-17,21,23H,7-11H2,1H3/t13-,16+,17+/m0/s1. The molecule has 0 saturated heterocycles. The summed E-state index contributed by atoms with van der Waals surface area (Å²) < 4.78 is 29.1. The maximum Gasteiger partial charge on any atom is 0.214 e. The van der Waals surface area contributed by atoms with Crippen LogP contribution < -0.4 is 4.72 Å². The van der Waals surface area contributed by atoms with Gasteiger partial charge in [0.25, 0.3) is 0 Å². The number of aliphatic hydroxyl groups excluding tert-OH is 1. The van der Waals surface area contributed by atoms with Crippen LogP contribution in [0.3, 0.4) is 0 Å². The van der Waals surface area contributed by atoms with E-state index in [1.807, 2.05) is 41.9 Å². The Morgan fingerprint density at radius 1 is 1.15 bits per heavy atom. The highest BCUT2D eigenvalue weighted by Gasteiger charge is 2.40. The molecule has 0 unspecified atom stereocenters. The summed E-state index contributed by atoms with van der Waals surface area (Å²) in [6, 6.07) is 9.33. The van der Waals surface area contributed by atoms with Crippen molar-refractivity contribution < 1.29 is 13.5 Å². The van der Waals surface area contributed by atoms with E-state index in [4.69, 9.17) is 0 Å². The predicted molar refractivity (Wildman–Crippen MR) is 97.6 cm³/mol. The van der Waals surface area contributed by atoms with Crippen LogP contribution in [0.4, 0.5) is 0 Å². The van der Waals surface area contributed by atoms with Gasteiger partial charge < -0.3 is 5.11 Å². The van der Waals surface area contributed by atoms with Gasteiger partial charge in [-0.2, -0.15) is 5.10 Å². The van der Waals surface area contributed by atoms with Gasteiger partial charge in [0, 0.05) is 12.0 Å².